The number of hydrogen-bond acceptors (Lipinski definition) is 2. The molecule has 0 radical (unpaired) electrons. The molecule has 1 N–H and O–H groups in total. The molecule has 4 nitrogen and oxygen atoms in total. The fourth-order valence-corrected chi connectivity index (χ4v) is 4.36. The van der Waals surface area contributed by atoms with Crippen molar-refractivity contribution in [2.45, 2.75) is 32.4 Å². The van der Waals surface area contributed by atoms with E-state index in [2.05, 4.69) is 5.32 Å². The molecule has 3 aromatic rings. The Hall–Kier alpha value is -3.54. The van der Waals surface area contributed by atoms with Crippen molar-refractivity contribution in [1.82, 2.24) is 10.2 Å². The molecule has 2 amide bonds. The van der Waals surface area contributed by atoms with Gasteiger partial charge in [0.05, 0.1) is 12.0 Å². The third-order valence-corrected chi connectivity index (χ3v) is 6.14. The summed E-state index contributed by atoms with van der Waals surface area (Å²) in [5, 5.41) is 2.81. The maximum absolute atomic E-state index is 13.9. The number of benzene rings is 3. The maximum atomic E-state index is 13.9. The number of piperidine rings is 1. The van der Waals surface area contributed by atoms with Crippen molar-refractivity contribution in [2.75, 3.05) is 6.54 Å². The fraction of sp³-hybridized carbons (Fsp3) is 0.259. The molecule has 33 heavy (non-hydrogen) atoms. The van der Waals surface area contributed by atoms with Gasteiger partial charge in [-0.3, -0.25) is 9.59 Å². The number of rotatable bonds is 5. The van der Waals surface area contributed by atoms with Gasteiger partial charge in [0.25, 0.3) is 5.91 Å². The van der Waals surface area contributed by atoms with Crippen LogP contribution in [-0.2, 0) is 11.3 Å². The molecular formula is C27H26F2N2O2. The van der Waals surface area contributed by atoms with E-state index in [9.17, 15) is 18.4 Å². The van der Waals surface area contributed by atoms with Crippen molar-refractivity contribution >= 4 is 11.8 Å². The summed E-state index contributed by atoms with van der Waals surface area (Å²) in [4.78, 5) is 28.0. The van der Waals surface area contributed by atoms with Crippen molar-refractivity contribution in [2.24, 2.45) is 5.92 Å². The molecule has 1 heterocycles. The molecule has 0 saturated carbocycles. The highest BCUT2D eigenvalue weighted by Crippen LogP contribution is 2.35. The average molecular weight is 449 g/mol. The molecule has 1 saturated heterocycles. The third kappa shape index (κ3) is 5.28. The first-order chi connectivity index (χ1) is 15.9. The van der Waals surface area contributed by atoms with Crippen LogP contribution < -0.4 is 5.32 Å². The highest BCUT2D eigenvalue weighted by atomic mass is 19.1. The molecular weight excluding hydrogens is 422 g/mol. The predicted molar refractivity (Wildman–Crippen MR) is 122 cm³/mol. The van der Waals surface area contributed by atoms with E-state index < -0.39 is 11.7 Å². The topological polar surface area (TPSA) is 49.4 Å². The van der Waals surface area contributed by atoms with Gasteiger partial charge < -0.3 is 10.2 Å². The molecule has 0 aromatic heterocycles. The SMILES string of the molecule is Cc1cccc([C@H]2CC[C@@H](C(=O)NCc3ccccc3F)CN2C(=O)c2ccc(F)cc2)c1. The van der Waals surface area contributed by atoms with Gasteiger partial charge in [-0.15, -0.1) is 0 Å². The number of nitrogens with zero attached hydrogens (tertiary/aromatic N) is 1. The molecule has 0 aliphatic carbocycles. The van der Waals surface area contributed by atoms with Gasteiger partial charge in [0.15, 0.2) is 0 Å². The van der Waals surface area contributed by atoms with Crippen molar-refractivity contribution < 1.29 is 18.4 Å². The molecule has 3 aromatic carbocycles. The third-order valence-electron chi connectivity index (χ3n) is 6.14. The monoisotopic (exact) mass is 448 g/mol. The largest absolute Gasteiger partial charge is 0.352 e. The lowest BCUT2D eigenvalue weighted by atomic mass is 9.87. The molecule has 2 atom stereocenters. The number of amides is 2. The molecule has 0 bridgehead atoms. The molecule has 6 heteroatoms. The Morgan fingerprint density at radius 2 is 1.73 bits per heavy atom. The summed E-state index contributed by atoms with van der Waals surface area (Å²) in [6.07, 6.45) is 1.23. The molecule has 1 aliphatic rings. The highest BCUT2D eigenvalue weighted by molar-refractivity contribution is 5.95. The summed E-state index contributed by atoms with van der Waals surface area (Å²) in [6, 6.07) is 19.6. The Kier molecular flexibility index (Phi) is 6.82. The number of carbonyl (C=O) groups excluding carboxylic acids is 2. The van der Waals surface area contributed by atoms with Crippen LogP contribution in [0.15, 0.2) is 72.8 Å². The number of halogens is 2. The van der Waals surface area contributed by atoms with Crippen LogP contribution in [0.5, 0.6) is 0 Å². The molecule has 0 unspecified atom stereocenters. The zero-order chi connectivity index (χ0) is 23.4. The van der Waals surface area contributed by atoms with Crippen LogP contribution in [0.25, 0.3) is 0 Å². The lowest BCUT2D eigenvalue weighted by Crippen LogP contribution is -2.47. The van der Waals surface area contributed by atoms with Gasteiger partial charge >= 0.3 is 0 Å². The number of hydrogen-bond donors (Lipinski definition) is 1. The van der Waals surface area contributed by atoms with Gasteiger partial charge in [0, 0.05) is 24.2 Å². The van der Waals surface area contributed by atoms with Gasteiger partial charge in [0.2, 0.25) is 5.91 Å². The van der Waals surface area contributed by atoms with Crippen LogP contribution in [0.2, 0.25) is 0 Å². The van der Waals surface area contributed by atoms with E-state index in [1.165, 1.54) is 30.3 Å². The van der Waals surface area contributed by atoms with E-state index >= 15 is 0 Å². The average Bonchev–Trinajstić information content (AvgIpc) is 2.83. The standard InChI is InChI=1S/C27H26F2N2O2/c1-18-5-4-7-20(15-18)25-14-11-22(26(32)30-16-21-6-2-3-8-24(21)29)17-31(25)27(33)19-9-12-23(28)13-10-19/h2-10,12-13,15,22,25H,11,14,16-17H2,1H3,(H,30,32)/t22-,25-/m1/s1. The van der Waals surface area contributed by atoms with Crippen LogP contribution >= 0.6 is 0 Å². The zero-order valence-electron chi connectivity index (χ0n) is 18.4. The number of aryl methyl sites for hydroxylation is 1. The van der Waals surface area contributed by atoms with E-state index in [1.54, 1.807) is 23.1 Å². The Bertz CT molecular complexity index is 1150. The second-order valence-corrected chi connectivity index (χ2v) is 8.48. The van der Waals surface area contributed by atoms with Crippen LogP contribution in [0, 0.1) is 24.5 Å². The first-order valence-corrected chi connectivity index (χ1v) is 11.1. The summed E-state index contributed by atoms with van der Waals surface area (Å²) in [5.41, 5.74) is 2.89. The van der Waals surface area contributed by atoms with Crippen molar-refractivity contribution in [1.29, 1.82) is 0 Å². The van der Waals surface area contributed by atoms with Gasteiger partial charge in [-0.1, -0.05) is 48.0 Å². The lowest BCUT2D eigenvalue weighted by molar-refractivity contribution is -0.127. The molecule has 1 fully saturated rings. The number of likely N-dealkylation sites (tertiary alicyclic amines) is 1. The molecule has 170 valence electrons. The lowest BCUT2D eigenvalue weighted by Gasteiger charge is -2.39. The highest BCUT2D eigenvalue weighted by Gasteiger charge is 2.36. The fourth-order valence-electron chi connectivity index (χ4n) is 4.36. The minimum Gasteiger partial charge on any atom is -0.352 e. The first-order valence-electron chi connectivity index (χ1n) is 11.1. The van der Waals surface area contributed by atoms with Gasteiger partial charge in [-0.05, 0) is 55.7 Å². The zero-order valence-corrected chi connectivity index (χ0v) is 18.4. The summed E-state index contributed by atoms with van der Waals surface area (Å²) >= 11 is 0. The second kappa shape index (κ2) is 9.94. The van der Waals surface area contributed by atoms with Gasteiger partial charge in [-0.25, -0.2) is 8.78 Å². The van der Waals surface area contributed by atoms with Crippen molar-refractivity contribution in [3.05, 3.63) is 107 Å². The Labute approximate surface area is 192 Å². The van der Waals surface area contributed by atoms with E-state index in [0.717, 1.165) is 11.1 Å². The normalized spacial score (nSPS) is 18.1. The van der Waals surface area contributed by atoms with E-state index in [4.69, 9.17) is 0 Å². The summed E-state index contributed by atoms with van der Waals surface area (Å²) in [7, 11) is 0. The number of nitrogens with one attached hydrogen (secondary N) is 1. The van der Waals surface area contributed by atoms with Crippen LogP contribution in [0.3, 0.4) is 0 Å². The maximum Gasteiger partial charge on any atom is 0.254 e. The minimum absolute atomic E-state index is 0.0925. The van der Waals surface area contributed by atoms with Crippen LogP contribution in [0.1, 0.15) is 45.9 Å². The van der Waals surface area contributed by atoms with Crippen LogP contribution in [0.4, 0.5) is 8.78 Å². The van der Waals surface area contributed by atoms with E-state index in [-0.39, 0.29) is 36.8 Å². The number of carbonyl (C=O) groups is 2. The first kappa shape index (κ1) is 22.6. The van der Waals surface area contributed by atoms with Crippen molar-refractivity contribution in [3.63, 3.8) is 0 Å². The van der Waals surface area contributed by atoms with Crippen molar-refractivity contribution in [3.8, 4) is 0 Å². The van der Waals surface area contributed by atoms with E-state index in [1.807, 2.05) is 31.2 Å². The summed E-state index contributed by atoms with van der Waals surface area (Å²) < 4.78 is 27.3. The molecule has 0 spiro atoms. The Morgan fingerprint density at radius 3 is 2.45 bits per heavy atom. The quantitative estimate of drug-likeness (QED) is 0.585. The predicted octanol–water partition coefficient (Wildman–Crippen LogP) is 5.18. The molecule has 1 aliphatic heterocycles. The summed E-state index contributed by atoms with van der Waals surface area (Å²) in [6.45, 7) is 2.32. The smallest absolute Gasteiger partial charge is 0.254 e. The minimum atomic E-state index is -0.415. The van der Waals surface area contributed by atoms with E-state index in [0.29, 0.717) is 24.0 Å². The van der Waals surface area contributed by atoms with Gasteiger partial charge in [-0.2, -0.15) is 0 Å². The van der Waals surface area contributed by atoms with Crippen LogP contribution in [-0.4, -0.2) is 23.3 Å². The second-order valence-electron chi connectivity index (χ2n) is 8.48. The summed E-state index contributed by atoms with van der Waals surface area (Å²) in [5.74, 6) is -1.65. The Morgan fingerprint density at radius 1 is 0.970 bits per heavy atom. The van der Waals surface area contributed by atoms with Gasteiger partial charge in [0.1, 0.15) is 11.6 Å². The molecule has 4 rings (SSSR count). The Balaban J connectivity index is 1.54.